The summed E-state index contributed by atoms with van der Waals surface area (Å²) >= 11 is 1.99. The Morgan fingerprint density at radius 3 is 2.48 bits per heavy atom. The Hall–Kier alpha value is -2.17. The monoisotopic (exact) mass is 487 g/mol. The van der Waals surface area contributed by atoms with E-state index in [-0.39, 0.29) is 10.8 Å². The zero-order chi connectivity index (χ0) is 23.1. The summed E-state index contributed by atoms with van der Waals surface area (Å²) in [6.07, 6.45) is 3.13. The Kier molecular flexibility index (Phi) is 8.21. The van der Waals surface area contributed by atoms with Gasteiger partial charge in [0.25, 0.3) is 0 Å². The Bertz CT molecular complexity index is 1080. The van der Waals surface area contributed by atoms with Gasteiger partial charge in [0.1, 0.15) is 0 Å². The molecule has 0 atom stereocenters. The predicted molar refractivity (Wildman–Crippen MR) is 133 cm³/mol. The largest absolute Gasteiger partial charge is 0.379 e. The van der Waals surface area contributed by atoms with Crippen molar-refractivity contribution < 1.29 is 17.9 Å². The first-order chi connectivity index (χ1) is 16.0. The van der Waals surface area contributed by atoms with Gasteiger partial charge < -0.3 is 10.1 Å². The van der Waals surface area contributed by atoms with Gasteiger partial charge in [0.15, 0.2) is 0 Å². The summed E-state index contributed by atoms with van der Waals surface area (Å²) in [6, 6.07) is 14.5. The maximum Gasteiger partial charge on any atom is 0.248 e. The van der Waals surface area contributed by atoms with E-state index in [1.54, 1.807) is 30.3 Å². The fraction of sp³-hybridized carbons (Fsp3) is 0.375. The number of carbonyl (C=O) groups is 1. The van der Waals surface area contributed by atoms with Gasteiger partial charge in [-0.25, -0.2) is 8.42 Å². The lowest BCUT2D eigenvalue weighted by Gasteiger charge is -2.26. The Balaban J connectivity index is 1.33. The molecule has 2 aliphatic heterocycles. The molecule has 0 aliphatic carbocycles. The minimum atomic E-state index is -3.52. The van der Waals surface area contributed by atoms with Crippen LogP contribution in [0.2, 0.25) is 0 Å². The number of nitrogens with zero attached hydrogens (tertiary/aromatic N) is 2. The van der Waals surface area contributed by atoms with Crippen molar-refractivity contribution in [2.75, 3.05) is 56.2 Å². The van der Waals surface area contributed by atoms with Crippen LogP contribution in [-0.2, 0) is 26.1 Å². The highest BCUT2D eigenvalue weighted by Gasteiger charge is 2.25. The first-order valence-corrected chi connectivity index (χ1v) is 13.7. The number of hydrogen-bond donors (Lipinski definition) is 1. The molecule has 0 radical (unpaired) electrons. The molecule has 33 heavy (non-hydrogen) atoms. The number of amides is 1. The first-order valence-electron chi connectivity index (χ1n) is 11.1. The molecule has 2 aliphatic rings. The SMILES string of the molecule is O=C(/C=C/c1ccc(S(=O)(=O)N2CCOCC2)cc1)Nc1cccc(CN2CCSCC2)c1. The minimum Gasteiger partial charge on any atom is -0.379 e. The van der Waals surface area contributed by atoms with E-state index in [0.717, 1.165) is 30.9 Å². The molecular formula is C24H29N3O4S2. The van der Waals surface area contributed by atoms with Crippen LogP contribution < -0.4 is 5.32 Å². The lowest BCUT2D eigenvalue weighted by Crippen LogP contribution is -2.40. The van der Waals surface area contributed by atoms with Crippen molar-refractivity contribution in [1.82, 2.24) is 9.21 Å². The predicted octanol–water partition coefficient (Wildman–Crippen LogP) is 2.91. The molecule has 176 valence electrons. The molecule has 2 fully saturated rings. The third-order valence-corrected chi connectivity index (χ3v) is 8.47. The van der Waals surface area contributed by atoms with E-state index in [1.807, 2.05) is 30.0 Å². The number of rotatable bonds is 7. The van der Waals surface area contributed by atoms with Gasteiger partial charge in [-0.15, -0.1) is 0 Å². The molecule has 0 aromatic heterocycles. The van der Waals surface area contributed by atoms with Gasteiger partial charge in [-0.05, 0) is 41.5 Å². The van der Waals surface area contributed by atoms with Gasteiger partial charge in [0.2, 0.25) is 15.9 Å². The van der Waals surface area contributed by atoms with Crippen LogP contribution >= 0.6 is 11.8 Å². The van der Waals surface area contributed by atoms with Crippen molar-refractivity contribution >= 4 is 39.5 Å². The fourth-order valence-corrected chi connectivity index (χ4v) is 6.19. The summed E-state index contributed by atoms with van der Waals surface area (Å²) in [4.78, 5) is 15.1. The fourth-order valence-electron chi connectivity index (χ4n) is 3.81. The lowest BCUT2D eigenvalue weighted by molar-refractivity contribution is -0.111. The van der Waals surface area contributed by atoms with Crippen LogP contribution in [-0.4, -0.2) is 74.4 Å². The number of nitrogens with one attached hydrogen (secondary N) is 1. The molecule has 4 rings (SSSR count). The van der Waals surface area contributed by atoms with Gasteiger partial charge in [-0.3, -0.25) is 9.69 Å². The number of thioether (sulfide) groups is 1. The number of anilines is 1. The smallest absolute Gasteiger partial charge is 0.248 e. The molecule has 0 bridgehead atoms. The van der Waals surface area contributed by atoms with E-state index < -0.39 is 10.0 Å². The van der Waals surface area contributed by atoms with Crippen LogP contribution in [0.3, 0.4) is 0 Å². The molecule has 2 aromatic carbocycles. The molecule has 7 nitrogen and oxygen atoms in total. The van der Waals surface area contributed by atoms with Crippen LogP contribution in [0.4, 0.5) is 5.69 Å². The van der Waals surface area contributed by atoms with Crippen LogP contribution in [0.15, 0.2) is 59.5 Å². The molecule has 0 unspecified atom stereocenters. The van der Waals surface area contributed by atoms with E-state index in [0.29, 0.717) is 26.3 Å². The second kappa shape index (κ2) is 11.3. The third-order valence-electron chi connectivity index (χ3n) is 5.62. The van der Waals surface area contributed by atoms with Crippen LogP contribution in [0.25, 0.3) is 6.08 Å². The van der Waals surface area contributed by atoms with Gasteiger partial charge in [0.05, 0.1) is 18.1 Å². The molecule has 0 saturated carbocycles. The van der Waals surface area contributed by atoms with Crippen LogP contribution in [0.5, 0.6) is 0 Å². The summed E-state index contributed by atoms with van der Waals surface area (Å²) in [7, 11) is -3.52. The number of morpholine rings is 1. The molecular weight excluding hydrogens is 458 g/mol. The second-order valence-electron chi connectivity index (χ2n) is 8.00. The summed E-state index contributed by atoms with van der Waals surface area (Å²) in [6.45, 7) is 4.63. The highest BCUT2D eigenvalue weighted by atomic mass is 32.2. The van der Waals surface area contributed by atoms with Gasteiger partial charge in [-0.2, -0.15) is 16.1 Å². The Labute approximate surface area is 199 Å². The Morgan fingerprint density at radius 2 is 1.76 bits per heavy atom. The van der Waals surface area contributed by atoms with E-state index in [2.05, 4.69) is 16.3 Å². The van der Waals surface area contributed by atoms with E-state index in [1.165, 1.54) is 27.5 Å². The van der Waals surface area contributed by atoms with E-state index in [9.17, 15) is 13.2 Å². The number of ether oxygens (including phenoxy) is 1. The minimum absolute atomic E-state index is 0.230. The highest BCUT2D eigenvalue weighted by Crippen LogP contribution is 2.19. The topological polar surface area (TPSA) is 79.0 Å². The van der Waals surface area contributed by atoms with Crippen LogP contribution in [0, 0.1) is 0 Å². The van der Waals surface area contributed by atoms with Crippen molar-refractivity contribution in [3.05, 3.63) is 65.7 Å². The molecule has 2 aromatic rings. The Morgan fingerprint density at radius 1 is 1.03 bits per heavy atom. The quantitative estimate of drug-likeness (QED) is 0.605. The molecule has 1 N–H and O–H groups in total. The average molecular weight is 488 g/mol. The normalized spacial score (nSPS) is 18.4. The molecule has 2 heterocycles. The van der Waals surface area contributed by atoms with E-state index >= 15 is 0 Å². The van der Waals surface area contributed by atoms with Gasteiger partial charge in [0, 0.05) is 56.0 Å². The second-order valence-corrected chi connectivity index (χ2v) is 11.2. The van der Waals surface area contributed by atoms with Gasteiger partial charge >= 0.3 is 0 Å². The summed E-state index contributed by atoms with van der Waals surface area (Å²) < 4.78 is 32.1. The number of benzene rings is 2. The summed E-state index contributed by atoms with van der Waals surface area (Å²) in [5.41, 5.74) is 2.70. The lowest BCUT2D eigenvalue weighted by atomic mass is 10.2. The number of carbonyl (C=O) groups excluding carboxylic acids is 1. The standard InChI is InChI=1S/C24H29N3O4S2/c28-24(25-22-3-1-2-21(18-22)19-26-12-16-32-17-13-26)9-6-20-4-7-23(8-5-20)33(29,30)27-10-14-31-15-11-27/h1-9,18H,10-17,19H2,(H,25,28)/b9-6+. The molecule has 0 spiro atoms. The summed E-state index contributed by atoms with van der Waals surface area (Å²) in [5.74, 6) is 2.11. The average Bonchev–Trinajstić information content (AvgIpc) is 2.84. The van der Waals surface area contributed by atoms with Crippen molar-refractivity contribution in [3.8, 4) is 0 Å². The van der Waals surface area contributed by atoms with Crippen molar-refractivity contribution in [2.45, 2.75) is 11.4 Å². The van der Waals surface area contributed by atoms with Crippen LogP contribution in [0.1, 0.15) is 11.1 Å². The maximum atomic E-state index is 12.7. The molecule has 9 heteroatoms. The van der Waals surface area contributed by atoms with E-state index in [4.69, 9.17) is 4.74 Å². The van der Waals surface area contributed by atoms with Crippen molar-refractivity contribution in [2.24, 2.45) is 0 Å². The molecule has 1 amide bonds. The van der Waals surface area contributed by atoms with Crippen molar-refractivity contribution in [1.29, 1.82) is 0 Å². The number of hydrogen-bond acceptors (Lipinski definition) is 6. The first kappa shape index (κ1) is 24.0. The highest BCUT2D eigenvalue weighted by molar-refractivity contribution is 7.99. The van der Waals surface area contributed by atoms with Crippen molar-refractivity contribution in [3.63, 3.8) is 0 Å². The zero-order valence-electron chi connectivity index (χ0n) is 18.5. The number of sulfonamides is 1. The third kappa shape index (κ3) is 6.68. The molecule has 2 saturated heterocycles. The summed E-state index contributed by atoms with van der Waals surface area (Å²) in [5, 5.41) is 2.91. The van der Waals surface area contributed by atoms with Gasteiger partial charge in [-0.1, -0.05) is 24.3 Å². The zero-order valence-corrected chi connectivity index (χ0v) is 20.1. The maximum absolute atomic E-state index is 12.7.